The summed E-state index contributed by atoms with van der Waals surface area (Å²) in [7, 11) is -3.39. The summed E-state index contributed by atoms with van der Waals surface area (Å²) in [6.45, 7) is 1.66. The lowest BCUT2D eigenvalue weighted by Crippen LogP contribution is -2.19. The van der Waals surface area contributed by atoms with Crippen molar-refractivity contribution in [3.8, 4) is 11.5 Å². The predicted octanol–water partition coefficient (Wildman–Crippen LogP) is 2.26. The van der Waals surface area contributed by atoms with E-state index in [1.807, 2.05) is 6.92 Å². The minimum Gasteiger partial charge on any atom is -0.494 e. The molecule has 0 saturated heterocycles. The van der Waals surface area contributed by atoms with E-state index < -0.39 is 28.4 Å². The molecule has 0 heterocycles. The molecule has 0 aliphatic carbocycles. The molecule has 0 aliphatic rings. The highest BCUT2D eigenvalue weighted by Crippen LogP contribution is 2.17. The summed E-state index contributed by atoms with van der Waals surface area (Å²) in [5.41, 5.74) is 0.624. The zero-order chi connectivity index (χ0) is 20.6. The van der Waals surface area contributed by atoms with Crippen LogP contribution in [0, 0.1) is 0 Å². The first-order valence-electron chi connectivity index (χ1n) is 8.39. The van der Waals surface area contributed by atoms with Gasteiger partial charge in [-0.05, 0) is 55.5 Å². The molecule has 28 heavy (non-hydrogen) atoms. The van der Waals surface area contributed by atoms with Gasteiger partial charge in [0.2, 0.25) is 10.0 Å². The van der Waals surface area contributed by atoms with Crippen molar-refractivity contribution in [3.05, 3.63) is 54.1 Å². The average Bonchev–Trinajstić information content (AvgIpc) is 2.65. The number of hydrogen-bond acceptors (Lipinski definition) is 7. The highest BCUT2D eigenvalue weighted by molar-refractivity contribution is 7.92. The van der Waals surface area contributed by atoms with Crippen LogP contribution in [0.4, 0.5) is 5.69 Å². The van der Waals surface area contributed by atoms with Crippen LogP contribution >= 0.6 is 0 Å². The van der Waals surface area contributed by atoms with Crippen molar-refractivity contribution in [2.75, 3.05) is 30.8 Å². The lowest BCUT2D eigenvalue weighted by molar-refractivity contribution is -0.144. The Morgan fingerprint density at radius 2 is 1.46 bits per heavy atom. The van der Waals surface area contributed by atoms with Gasteiger partial charge in [-0.3, -0.25) is 9.52 Å². The third-order valence-electron chi connectivity index (χ3n) is 3.37. The average molecular weight is 407 g/mol. The van der Waals surface area contributed by atoms with Crippen LogP contribution in [0.3, 0.4) is 0 Å². The van der Waals surface area contributed by atoms with Gasteiger partial charge >= 0.3 is 5.97 Å². The predicted molar refractivity (Wildman–Crippen MR) is 103 cm³/mol. The third-order valence-corrected chi connectivity index (χ3v) is 3.97. The molecule has 9 heteroatoms. The van der Waals surface area contributed by atoms with Gasteiger partial charge in [0.1, 0.15) is 11.5 Å². The van der Waals surface area contributed by atoms with Gasteiger partial charge in [0.05, 0.1) is 12.9 Å². The largest absolute Gasteiger partial charge is 0.494 e. The summed E-state index contributed by atoms with van der Waals surface area (Å²) < 4.78 is 40.1. The van der Waals surface area contributed by atoms with E-state index in [1.54, 1.807) is 24.3 Å². The monoisotopic (exact) mass is 407 g/mol. The van der Waals surface area contributed by atoms with Crippen LogP contribution in [-0.4, -0.2) is 46.2 Å². The number of carbonyl (C=O) groups is 2. The van der Waals surface area contributed by atoms with E-state index in [0.29, 0.717) is 29.4 Å². The number of hydrogen-bond donors (Lipinski definition) is 1. The van der Waals surface area contributed by atoms with E-state index in [0.717, 1.165) is 6.26 Å². The Bertz CT molecular complexity index is 906. The molecule has 0 amide bonds. The molecule has 150 valence electrons. The Morgan fingerprint density at radius 3 is 2.00 bits per heavy atom. The summed E-state index contributed by atoms with van der Waals surface area (Å²) >= 11 is 0. The molecule has 0 radical (unpaired) electrons. The highest BCUT2D eigenvalue weighted by Gasteiger charge is 2.11. The Balaban J connectivity index is 1.78. The number of esters is 1. The Labute approximate surface area is 163 Å². The molecule has 8 nitrogen and oxygen atoms in total. The van der Waals surface area contributed by atoms with E-state index in [-0.39, 0.29) is 6.61 Å². The fourth-order valence-corrected chi connectivity index (χ4v) is 2.71. The summed E-state index contributed by atoms with van der Waals surface area (Å²) in [4.78, 5) is 23.8. The number of benzene rings is 2. The maximum absolute atomic E-state index is 12.0. The van der Waals surface area contributed by atoms with Gasteiger partial charge in [0.15, 0.2) is 19.0 Å². The molecule has 0 saturated carbocycles. The van der Waals surface area contributed by atoms with Gasteiger partial charge in [-0.2, -0.15) is 0 Å². The number of Topliss-reactive ketones (excluding diaryl/α,β-unsaturated/α-hetero) is 1. The van der Waals surface area contributed by atoms with Crippen molar-refractivity contribution >= 4 is 27.5 Å². The molecular formula is C19H21NO7S. The van der Waals surface area contributed by atoms with Crippen molar-refractivity contribution < 1.29 is 32.2 Å². The lowest BCUT2D eigenvalue weighted by Gasteiger charge is -2.08. The number of ether oxygens (including phenoxy) is 3. The van der Waals surface area contributed by atoms with Gasteiger partial charge < -0.3 is 14.2 Å². The van der Waals surface area contributed by atoms with Crippen molar-refractivity contribution in [3.63, 3.8) is 0 Å². The van der Waals surface area contributed by atoms with E-state index in [1.165, 1.54) is 24.3 Å². The first kappa shape index (κ1) is 21.2. The maximum atomic E-state index is 12.0. The van der Waals surface area contributed by atoms with E-state index >= 15 is 0 Å². The van der Waals surface area contributed by atoms with Crippen molar-refractivity contribution in [2.24, 2.45) is 0 Å². The Hall–Kier alpha value is -3.07. The van der Waals surface area contributed by atoms with Crippen LogP contribution in [-0.2, 0) is 19.6 Å². The zero-order valence-electron chi connectivity index (χ0n) is 15.5. The van der Waals surface area contributed by atoms with Crippen LogP contribution in [0.25, 0.3) is 0 Å². The normalized spacial score (nSPS) is 10.8. The van der Waals surface area contributed by atoms with Gasteiger partial charge in [-0.25, -0.2) is 13.2 Å². The van der Waals surface area contributed by atoms with E-state index in [9.17, 15) is 18.0 Å². The quantitative estimate of drug-likeness (QED) is 0.475. The second-order valence-corrected chi connectivity index (χ2v) is 7.48. The van der Waals surface area contributed by atoms with E-state index in [2.05, 4.69) is 4.72 Å². The van der Waals surface area contributed by atoms with Crippen molar-refractivity contribution in [1.82, 2.24) is 0 Å². The lowest BCUT2D eigenvalue weighted by atomic mass is 10.1. The van der Waals surface area contributed by atoms with Gasteiger partial charge in [0.25, 0.3) is 0 Å². The molecule has 2 aromatic rings. The standard InChI is InChI=1S/C19H21NO7S/c1-3-25-16-8-10-17(11-9-16)26-13-19(22)27-12-18(21)14-4-6-15(7-5-14)20-28(2,23)24/h4-11,20H,3,12-13H2,1-2H3. The highest BCUT2D eigenvalue weighted by atomic mass is 32.2. The minimum atomic E-state index is -3.39. The van der Waals surface area contributed by atoms with Crippen LogP contribution in [0.5, 0.6) is 11.5 Å². The first-order chi connectivity index (χ1) is 13.3. The molecule has 2 aromatic carbocycles. The number of anilines is 1. The number of rotatable bonds is 10. The number of carbonyl (C=O) groups excluding carboxylic acids is 2. The molecule has 0 aromatic heterocycles. The second kappa shape index (κ2) is 9.75. The molecule has 1 N–H and O–H groups in total. The van der Waals surface area contributed by atoms with Gasteiger partial charge in [-0.15, -0.1) is 0 Å². The van der Waals surface area contributed by atoms with Gasteiger partial charge in [0, 0.05) is 11.3 Å². The molecule has 0 fully saturated rings. The summed E-state index contributed by atoms with van der Waals surface area (Å²) in [6.07, 6.45) is 1.03. The zero-order valence-corrected chi connectivity index (χ0v) is 16.3. The smallest absolute Gasteiger partial charge is 0.344 e. The fraction of sp³-hybridized carbons (Fsp3) is 0.263. The molecule has 0 unspecified atom stereocenters. The molecular weight excluding hydrogens is 386 g/mol. The molecule has 0 bridgehead atoms. The summed E-state index contributed by atoms with van der Waals surface area (Å²) in [5.74, 6) is 0.0689. The molecule has 0 atom stereocenters. The number of ketones is 1. The van der Waals surface area contributed by atoms with Crippen LogP contribution in [0.15, 0.2) is 48.5 Å². The van der Waals surface area contributed by atoms with Gasteiger partial charge in [-0.1, -0.05) is 0 Å². The Kier molecular flexibility index (Phi) is 7.39. The molecule has 0 spiro atoms. The van der Waals surface area contributed by atoms with E-state index in [4.69, 9.17) is 14.2 Å². The topological polar surface area (TPSA) is 108 Å². The second-order valence-electron chi connectivity index (χ2n) is 5.73. The number of nitrogens with one attached hydrogen (secondary N) is 1. The first-order valence-corrected chi connectivity index (χ1v) is 10.3. The fourth-order valence-electron chi connectivity index (χ4n) is 2.15. The summed E-state index contributed by atoms with van der Waals surface area (Å²) in [5, 5.41) is 0. The van der Waals surface area contributed by atoms with Crippen LogP contribution in [0.2, 0.25) is 0 Å². The van der Waals surface area contributed by atoms with Crippen molar-refractivity contribution in [2.45, 2.75) is 6.92 Å². The van der Waals surface area contributed by atoms with Crippen LogP contribution in [0.1, 0.15) is 17.3 Å². The van der Waals surface area contributed by atoms with Crippen LogP contribution < -0.4 is 14.2 Å². The Morgan fingerprint density at radius 1 is 0.893 bits per heavy atom. The molecule has 0 aliphatic heterocycles. The SMILES string of the molecule is CCOc1ccc(OCC(=O)OCC(=O)c2ccc(NS(C)(=O)=O)cc2)cc1. The minimum absolute atomic E-state index is 0.291. The number of sulfonamides is 1. The maximum Gasteiger partial charge on any atom is 0.344 e. The van der Waals surface area contributed by atoms with Crippen molar-refractivity contribution in [1.29, 1.82) is 0 Å². The molecule has 2 rings (SSSR count). The summed E-state index contributed by atoms with van der Waals surface area (Å²) in [6, 6.07) is 12.5. The third kappa shape index (κ3) is 7.28.